The Bertz CT molecular complexity index is 635. The quantitative estimate of drug-likeness (QED) is 0.742. The molecule has 1 heterocycles. The minimum atomic E-state index is -0.347. The van der Waals surface area contributed by atoms with Crippen molar-refractivity contribution in [3.05, 3.63) is 45.6 Å². The van der Waals surface area contributed by atoms with Crippen LogP contribution in [0.3, 0.4) is 0 Å². The number of aromatic nitrogens is 3. The molecule has 80 valence electrons. The average Bonchev–Trinajstić information content (AvgIpc) is 2.53. The summed E-state index contributed by atoms with van der Waals surface area (Å²) in [5.74, 6) is 0. The maximum atomic E-state index is 11.7. The molecular weight excluding hydrogens is 228 g/mol. The molecule has 0 aliphatic rings. The highest BCUT2D eigenvalue weighted by Gasteiger charge is 2.10. The standard InChI is InChI=1S/C10H7ClN4O/c1-14-10(16)15(9(11)13-14)8-4-2-3-7(5-8)6-12/h2-5H,1H3. The maximum absolute atomic E-state index is 11.7. The highest BCUT2D eigenvalue weighted by molar-refractivity contribution is 6.28. The maximum Gasteiger partial charge on any atom is 0.351 e. The summed E-state index contributed by atoms with van der Waals surface area (Å²) in [6, 6.07) is 8.60. The van der Waals surface area contributed by atoms with E-state index in [1.807, 2.05) is 6.07 Å². The summed E-state index contributed by atoms with van der Waals surface area (Å²) >= 11 is 5.83. The van der Waals surface area contributed by atoms with E-state index in [1.54, 1.807) is 24.3 Å². The summed E-state index contributed by atoms with van der Waals surface area (Å²) in [6.07, 6.45) is 0. The van der Waals surface area contributed by atoms with Crippen molar-refractivity contribution in [1.29, 1.82) is 5.26 Å². The van der Waals surface area contributed by atoms with E-state index < -0.39 is 0 Å². The highest BCUT2D eigenvalue weighted by Crippen LogP contribution is 2.12. The average molecular weight is 235 g/mol. The zero-order chi connectivity index (χ0) is 11.7. The first-order valence-electron chi connectivity index (χ1n) is 4.45. The number of aryl methyl sites for hydroxylation is 1. The van der Waals surface area contributed by atoms with Gasteiger partial charge < -0.3 is 0 Å². The fourth-order valence-electron chi connectivity index (χ4n) is 1.37. The van der Waals surface area contributed by atoms with E-state index in [9.17, 15) is 4.79 Å². The van der Waals surface area contributed by atoms with Crippen molar-refractivity contribution in [3.8, 4) is 11.8 Å². The lowest BCUT2D eigenvalue weighted by atomic mass is 10.2. The van der Waals surface area contributed by atoms with Gasteiger partial charge in [0.15, 0.2) is 0 Å². The van der Waals surface area contributed by atoms with Crippen LogP contribution in [0.1, 0.15) is 5.56 Å². The Hall–Kier alpha value is -2.06. The van der Waals surface area contributed by atoms with Crippen molar-refractivity contribution in [3.63, 3.8) is 0 Å². The third-order valence-electron chi connectivity index (χ3n) is 2.12. The van der Waals surface area contributed by atoms with Gasteiger partial charge in [-0.25, -0.2) is 14.0 Å². The van der Waals surface area contributed by atoms with Gasteiger partial charge in [-0.2, -0.15) is 5.26 Å². The van der Waals surface area contributed by atoms with Crippen LogP contribution in [0.2, 0.25) is 5.28 Å². The Morgan fingerprint density at radius 3 is 2.81 bits per heavy atom. The zero-order valence-corrected chi connectivity index (χ0v) is 9.14. The number of nitriles is 1. The smallest absolute Gasteiger partial charge is 0.246 e. The van der Waals surface area contributed by atoms with Gasteiger partial charge in [0, 0.05) is 7.05 Å². The number of benzene rings is 1. The van der Waals surface area contributed by atoms with Crippen LogP contribution in [-0.4, -0.2) is 14.3 Å². The van der Waals surface area contributed by atoms with Crippen LogP contribution < -0.4 is 5.69 Å². The summed E-state index contributed by atoms with van der Waals surface area (Å²) in [5, 5.41) is 12.6. The van der Waals surface area contributed by atoms with Crippen LogP contribution in [0.5, 0.6) is 0 Å². The first kappa shape index (κ1) is 10.5. The number of hydrogen-bond donors (Lipinski definition) is 0. The van der Waals surface area contributed by atoms with Crippen LogP contribution >= 0.6 is 11.6 Å². The SMILES string of the molecule is Cn1nc(Cl)n(-c2cccc(C#N)c2)c1=O. The van der Waals surface area contributed by atoms with Gasteiger partial charge in [-0.1, -0.05) is 6.07 Å². The van der Waals surface area contributed by atoms with Crippen LogP contribution in [0.4, 0.5) is 0 Å². The van der Waals surface area contributed by atoms with Gasteiger partial charge in [0.2, 0.25) is 5.28 Å². The van der Waals surface area contributed by atoms with Crippen molar-refractivity contribution < 1.29 is 0 Å². The molecule has 0 bridgehead atoms. The van der Waals surface area contributed by atoms with E-state index in [1.165, 1.54) is 11.6 Å². The number of nitrogens with zero attached hydrogens (tertiary/aromatic N) is 4. The van der Waals surface area contributed by atoms with Crippen LogP contribution in [0, 0.1) is 11.3 Å². The summed E-state index contributed by atoms with van der Waals surface area (Å²) < 4.78 is 2.38. The molecule has 0 aliphatic carbocycles. The van der Waals surface area contributed by atoms with Crippen molar-refractivity contribution in [2.24, 2.45) is 7.05 Å². The molecule has 0 unspecified atom stereocenters. The van der Waals surface area contributed by atoms with E-state index in [4.69, 9.17) is 16.9 Å². The predicted octanol–water partition coefficient (Wildman–Crippen LogP) is 1.10. The lowest BCUT2D eigenvalue weighted by Crippen LogP contribution is -2.21. The third kappa shape index (κ3) is 1.59. The van der Waals surface area contributed by atoms with Gasteiger partial charge in [-0.15, -0.1) is 5.10 Å². The molecule has 1 aromatic carbocycles. The Labute approximate surface area is 96.1 Å². The lowest BCUT2D eigenvalue weighted by molar-refractivity contribution is 0.726. The summed E-state index contributed by atoms with van der Waals surface area (Å²) in [5.41, 5.74) is 0.645. The largest absolute Gasteiger partial charge is 0.351 e. The van der Waals surface area contributed by atoms with E-state index in [0.29, 0.717) is 11.3 Å². The van der Waals surface area contributed by atoms with Crippen molar-refractivity contribution in [2.45, 2.75) is 0 Å². The summed E-state index contributed by atoms with van der Waals surface area (Å²) in [7, 11) is 1.51. The Morgan fingerprint density at radius 1 is 1.50 bits per heavy atom. The first-order chi connectivity index (χ1) is 7.63. The molecule has 0 fully saturated rings. The van der Waals surface area contributed by atoms with Crippen molar-refractivity contribution >= 4 is 11.6 Å². The van der Waals surface area contributed by atoms with Gasteiger partial charge in [0.05, 0.1) is 17.3 Å². The van der Waals surface area contributed by atoms with Crippen LogP contribution in [-0.2, 0) is 7.05 Å². The Balaban J connectivity index is 2.68. The highest BCUT2D eigenvalue weighted by atomic mass is 35.5. The second-order valence-corrected chi connectivity index (χ2v) is 3.51. The molecule has 0 aliphatic heterocycles. The molecule has 0 saturated carbocycles. The van der Waals surface area contributed by atoms with E-state index >= 15 is 0 Å². The van der Waals surface area contributed by atoms with Crippen LogP contribution in [0.15, 0.2) is 29.1 Å². The van der Waals surface area contributed by atoms with Crippen molar-refractivity contribution in [1.82, 2.24) is 14.3 Å². The van der Waals surface area contributed by atoms with E-state index in [2.05, 4.69) is 5.10 Å². The molecule has 16 heavy (non-hydrogen) atoms. The Kier molecular flexibility index (Phi) is 2.50. The monoisotopic (exact) mass is 234 g/mol. The fraction of sp³-hybridized carbons (Fsp3) is 0.100. The second-order valence-electron chi connectivity index (χ2n) is 3.17. The van der Waals surface area contributed by atoms with Gasteiger partial charge >= 0.3 is 5.69 Å². The molecular formula is C10H7ClN4O. The molecule has 0 spiro atoms. The molecule has 5 nitrogen and oxygen atoms in total. The fourth-order valence-corrected chi connectivity index (χ4v) is 1.65. The molecule has 2 rings (SSSR count). The predicted molar refractivity (Wildman–Crippen MR) is 58.5 cm³/mol. The van der Waals surface area contributed by atoms with Gasteiger partial charge in [0.25, 0.3) is 0 Å². The summed E-state index contributed by atoms with van der Waals surface area (Å²) in [6.45, 7) is 0. The molecule has 0 N–H and O–H groups in total. The molecule has 6 heteroatoms. The van der Waals surface area contributed by atoms with Gasteiger partial charge in [-0.05, 0) is 29.8 Å². The molecule has 0 atom stereocenters. The minimum Gasteiger partial charge on any atom is -0.246 e. The molecule has 0 saturated heterocycles. The topological polar surface area (TPSA) is 63.6 Å². The normalized spacial score (nSPS) is 10.1. The molecule has 1 aromatic heterocycles. The van der Waals surface area contributed by atoms with Gasteiger partial charge in [0.1, 0.15) is 0 Å². The molecule has 0 amide bonds. The van der Waals surface area contributed by atoms with E-state index in [-0.39, 0.29) is 11.0 Å². The lowest BCUT2D eigenvalue weighted by Gasteiger charge is -2.00. The second kappa shape index (κ2) is 3.83. The number of hydrogen-bond acceptors (Lipinski definition) is 3. The first-order valence-corrected chi connectivity index (χ1v) is 4.83. The Morgan fingerprint density at radius 2 is 2.25 bits per heavy atom. The summed E-state index contributed by atoms with van der Waals surface area (Å²) in [4.78, 5) is 11.7. The molecule has 2 aromatic rings. The zero-order valence-electron chi connectivity index (χ0n) is 8.38. The number of halogens is 1. The minimum absolute atomic E-state index is 0.0718. The molecule has 0 radical (unpaired) electrons. The van der Waals surface area contributed by atoms with Gasteiger partial charge in [-0.3, -0.25) is 0 Å². The number of rotatable bonds is 1. The van der Waals surface area contributed by atoms with E-state index in [0.717, 1.165) is 4.68 Å². The third-order valence-corrected chi connectivity index (χ3v) is 2.36. The van der Waals surface area contributed by atoms with Crippen molar-refractivity contribution in [2.75, 3.05) is 0 Å². The van der Waals surface area contributed by atoms with Crippen LogP contribution in [0.25, 0.3) is 5.69 Å².